The molecular weight excluding hydrogens is 200 g/mol. The summed E-state index contributed by atoms with van der Waals surface area (Å²) in [6, 6.07) is 0. The first-order chi connectivity index (χ1) is 5.23. The Morgan fingerprint density at radius 3 is 2.64 bits per heavy atom. The minimum atomic E-state index is 0.373. The Kier molecular flexibility index (Phi) is 2.94. The highest BCUT2D eigenvalue weighted by atomic mass is 79.9. The molecule has 0 saturated carbocycles. The van der Waals surface area contributed by atoms with Gasteiger partial charge in [0.2, 0.25) is 0 Å². The van der Waals surface area contributed by atoms with Crippen molar-refractivity contribution in [1.82, 2.24) is 0 Å². The Morgan fingerprint density at radius 2 is 2.18 bits per heavy atom. The fourth-order valence-corrected chi connectivity index (χ4v) is 2.38. The van der Waals surface area contributed by atoms with Crippen LogP contribution in [0.2, 0.25) is 0 Å². The van der Waals surface area contributed by atoms with Gasteiger partial charge in [0.05, 0.1) is 0 Å². The average Bonchev–Trinajstić information content (AvgIpc) is 2.05. The first kappa shape index (κ1) is 9.05. The van der Waals surface area contributed by atoms with Crippen molar-refractivity contribution in [2.75, 3.05) is 5.33 Å². The molecule has 11 heavy (non-hydrogen) atoms. The molecule has 0 heterocycles. The van der Waals surface area contributed by atoms with Gasteiger partial charge >= 0.3 is 0 Å². The van der Waals surface area contributed by atoms with E-state index in [1.165, 1.54) is 6.42 Å². The highest BCUT2D eigenvalue weighted by Crippen LogP contribution is 2.37. The molecule has 1 rings (SSSR count). The van der Waals surface area contributed by atoms with Crippen LogP contribution in [0.15, 0.2) is 24.3 Å². The summed E-state index contributed by atoms with van der Waals surface area (Å²) < 4.78 is 0. The van der Waals surface area contributed by atoms with Crippen molar-refractivity contribution < 1.29 is 0 Å². The lowest BCUT2D eigenvalue weighted by molar-refractivity contribution is 0.319. The molecule has 0 aliphatic heterocycles. The Balaban J connectivity index is 2.77. The molecule has 0 aromatic carbocycles. The van der Waals surface area contributed by atoms with Crippen LogP contribution in [0, 0.1) is 11.3 Å². The fraction of sp³-hybridized carbons (Fsp3) is 0.600. The number of hydrogen-bond donors (Lipinski definition) is 0. The zero-order valence-corrected chi connectivity index (χ0v) is 8.76. The van der Waals surface area contributed by atoms with Gasteiger partial charge in [0.15, 0.2) is 0 Å². The molecule has 0 radical (unpaired) electrons. The van der Waals surface area contributed by atoms with Crippen LogP contribution in [0.4, 0.5) is 0 Å². The lowest BCUT2D eigenvalue weighted by atomic mass is 9.73. The number of hydrogen-bond acceptors (Lipinski definition) is 0. The molecule has 2 unspecified atom stereocenters. The SMILES string of the molecule is CCC1(C)C=CC=CC1CBr. The van der Waals surface area contributed by atoms with Gasteiger partial charge in [0.1, 0.15) is 0 Å². The number of allylic oxidation sites excluding steroid dienone is 4. The molecule has 0 fully saturated rings. The highest BCUT2D eigenvalue weighted by molar-refractivity contribution is 9.09. The first-order valence-corrected chi connectivity index (χ1v) is 5.27. The van der Waals surface area contributed by atoms with E-state index in [2.05, 4.69) is 54.1 Å². The maximum Gasteiger partial charge on any atom is 0.0103 e. The average molecular weight is 215 g/mol. The van der Waals surface area contributed by atoms with Crippen LogP contribution in [0.3, 0.4) is 0 Å². The van der Waals surface area contributed by atoms with Crippen LogP contribution in [0.25, 0.3) is 0 Å². The molecule has 0 nitrogen and oxygen atoms in total. The standard InChI is InChI=1S/C10H15Br/c1-3-10(2)7-5-4-6-9(10)8-11/h4-7,9H,3,8H2,1-2H3. The number of alkyl halides is 1. The molecular formula is C10H15Br. The maximum atomic E-state index is 3.54. The molecule has 62 valence electrons. The van der Waals surface area contributed by atoms with Gasteiger partial charge < -0.3 is 0 Å². The topological polar surface area (TPSA) is 0 Å². The van der Waals surface area contributed by atoms with E-state index >= 15 is 0 Å². The van der Waals surface area contributed by atoms with E-state index in [1.807, 2.05) is 0 Å². The molecule has 0 aromatic rings. The lowest BCUT2D eigenvalue weighted by Crippen LogP contribution is -2.25. The predicted molar refractivity (Wildman–Crippen MR) is 54.0 cm³/mol. The monoisotopic (exact) mass is 214 g/mol. The van der Waals surface area contributed by atoms with Gasteiger partial charge in [-0.3, -0.25) is 0 Å². The first-order valence-electron chi connectivity index (χ1n) is 4.15. The lowest BCUT2D eigenvalue weighted by Gasteiger charge is -2.33. The van der Waals surface area contributed by atoms with Crippen molar-refractivity contribution in [3.8, 4) is 0 Å². The molecule has 1 aliphatic rings. The normalized spacial score (nSPS) is 36.1. The van der Waals surface area contributed by atoms with Gasteiger partial charge in [-0.2, -0.15) is 0 Å². The Labute approximate surface area is 77.5 Å². The molecule has 0 spiro atoms. The molecule has 0 amide bonds. The second-order valence-corrected chi connectivity index (χ2v) is 4.01. The molecule has 2 atom stereocenters. The summed E-state index contributed by atoms with van der Waals surface area (Å²) in [5.41, 5.74) is 0.373. The fourth-order valence-electron chi connectivity index (χ4n) is 1.42. The van der Waals surface area contributed by atoms with Crippen LogP contribution in [-0.4, -0.2) is 5.33 Å². The Morgan fingerprint density at radius 1 is 1.45 bits per heavy atom. The van der Waals surface area contributed by atoms with Crippen molar-refractivity contribution >= 4 is 15.9 Å². The van der Waals surface area contributed by atoms with Crippen molar-refractivity contribution in [3.05, 3.63) is 24.3 Å². The minimum absolute atomic E-state index is 0.373. The summed E-state index contributed by atoms with van der Waals surface area (Å²) in [6.07, 6.45) is 10.1. The van der Waals surface area contributed by atoms with E-state index in [0.717, 1.165) is 5.33 Å². The van der Waals surface area contributed by atoms with Gasteiger partial charge in [-0.25, -0.2) is 0 Å². The summed E-state index contributed by atoms with van der Waals surface area (Å²) in [6.45, 7) is 4.57. The van der Waals surface area contributed by atoms with E-state index in [0.29, 0.717) is 11.3 Å². The van der Waals surface area contributed by atoms with Crippen molar-refractivity contribution in [2.45, 2.75) is 20.3 Å². The van der Waals surface area contributed by atoms with Crippen molar-refractivity contribution in [1.29, 1.82) is 0 Å². The summed E-state index contributed by atoms with van der Waals surface area (Å²) in [5, 5.41) is 1.07. The predicted octanol–water partition coefficient (Wildman–Crippen LogP) is 3.54. The van der Waals surface area contributed by atoms with Crippen molar-refractivity contribution in [3.63, 3.8) is 0 Å². The molecule has 1 aliphatic carbocycles. The van der Waals surface area contributed by atoms with Crippen molar-refractivity contribution in [2.24, 2.45) is 11.3 Å². The van der Waals surface area contributed by atoms with E-state index in [1.54, 1.807) is 0 Å². The summed E-state index contributed by atoms with van der Waals surface area (Å²) in [5.74, 6) is 0.664. The summed E-state index contributed by atoms with van der Waals surface area (Å²) >= 11 is 3.54. The highest BCUT2D eigenvalue weighted by Gasteiger charge is 2.28. The summed E-state index contributed by atoms with van der Waals surface area (Å²) in [4.78, 5) is 0. The largest absolute Gasteiger partial charge is 0.0921 e. The number of rotatable bonds is 2. The van der Waals surface area contributed by atoms with Crippen LogP contribution < -0.4 is 0 Å². The summed E-state index contributed by atoms with van der Waals surface area (Å²) in [7, 11) is 0. The van der Waals surface area contributed by atoms with E-state index in [9.17, 15) is 0 Å². The minimum Gasteiger partial charge on any atom is -0.0921 e. The van der Waals surface area contributed by atoms with Crippen LogP contribution in [-0.2, 0) is 0 Å². The van der Waals surface area contributed by atoms with Crippen LogP contribution >= 0.6 is 15.9 Å². The second-order valence-electron chi connectivity index (χ2n) is 3.36. The van der Waals surface area contributed by atoms with E-state index in [-0.39, 0.29) is 0 Å². The molecule has 0 N–H and O–H groups in total. The third-order valence-corrected chi connectivity index (χ3v) is 3.40. The van der Waals surface area contributed by atoms with Gasteiger partial charge in [-0.15, -0.1) is 0 Å². The Hall–Kier alpha value is -0.0400. The van der Waals surface area contributed by atoms with E-state index < -0.39 is 0 Å². The van der Waals surface area contributed by atoms with Gasteiger partial charge in [-0.1, -0.05) is 54.1 Å². The molecule has 0 bridgehead atoms. The molecule has 0 aromatic heterocycles. The van der Waals surface area contributed by atoms with Gasteiger partial charge in [0.25, 0.3) is 0 Å². The smallest absolute Gasteiger partial charge is 0.0103 e. The third-order valence-electron chi connectivity index (χ3n) is 2.71. The maximum absolute atomic E-state index is 3.54. The van der Waals surface area contributed by atoms with Crippen LogP contribution in [0.1, 0.15) is 20.3 Å². The quantitative estimate of drug-likeness (QED) is 0.618. The number of halogens is 1. The third kappa shape index (κ3) is 1.76. The van der Waals surface area contributed by atoms with Crippen LogP contribution in [0.5, 0.6) is 0 Å². The van der Waals surface area contributed by atoms with E-state index in [4.69, 9.17) is 0 Å². The van der Waals surface area contributed by atoms with Gasteiger partial charge in [0, 0.05) is 5.33 Å². The zero-order valence-electron chi connectivity index (χ0n) is 7.18. The zero-order chi connectivity index (χ0) is 8.32. The van der Waals surface area contributed by atoms with Gasteiger partial charge in [-0.05, 0) is 17.8 Å². The Bertz CT molecular complexity index is 181. The molecule has 1 heteroatoms. The molecule has 0 saturated heterocycles. The second kappa shape index (κ2) is 3.57.